The highest BCUT2D eigenvalue weighted by Crippen LogP contribution is 2.27. The molecule has 160 valence electrons. The molecule has 3 aromatic carbocycles. The van der Waals surface area contributed by atoms with Crippen LogP contribution in [0.5, 0.6) is 11.5 Å². The third-order valence-electron chi connectivity index (χ3n) is 4.41. The Hall–Kier alpha value is -2.83. The fraction of sp³-hybridized carbons (Fsp3) is 0.167. The van der Waals surface area contributed by atoms with E-state index in [0.29, 0.717) is 17.4 Å². The van der Waals surface area contributed by atoms with Crippen LogP contribution in [0.25, 0.3) is 0 Å². The zero-order chi connectivity index (χ0) is 22.2. The molecule has 5 nitrogen and oxygen atoms in total. The quantitative estimate of drug-likeness (QED) is 0.312. The minimum absolute atomic E-state index is 0.116. The van der Waals surface area contributed by atoms with Gasteiger partial charge < -0.3 is 9.47 Å². The van der Waals surface area contributed by atoms with Gasteiger partial charge in [-0.1, -0.05) is 45.7 Å². The summed E-state index contributed by atoms with van der Waals surface area (Å²) in [7, 11) is 0. The van der Waals surface area contributed by atoms with E-state index >= 15 is 0 Å². The second kappa shape index (κ2) is 11.0. The van der Waals surface area contributed by atoms with Crippen molar-refractivity contribution >= 4 is 39.7 Å². The van der Waals surface area contributed by atoms with Crippen LogP contribution in [0.4, 0.5) is 0 Å². The van der Waals surface area contributed by atoms with E-state index in [1.165, 1.54) is 0 Å². The molecule has 1 N–H and O–H groups in total. The summed E-state index contributed by atoms with van der Waals surface area (Å²) in [4.78, 5) is 12.0. The first-order valence-electron chi connectivity index (χ1n) is 9.60. The van der Waals surface area contributed by atoms with Gasteiger partial charge in [-0.05, 0) is 73.0 Å². The van der Waals surface area contributed by atoms with Gasteiger partial charge in [0.15, 0.2) is 6.61 Å². The average molecular weight is 502 g/mol. The molecule has 3 aromatic rings. The smallest absolute Gasteiger partial charge is 0.277 e. The maximum absolute atomic E-state index is 12.0. The number of hydrogen-bond acceptors (Lipinski definition) is 4. The Morgan fingerprint density at radius 1 is 1.06 bits per heavy atom. The van der Waals surface area contributed by atoms with Crippen molar-refractivity contribution in [3.05, 3.63) is 92.4 Å². The van der Waals surface area contributed by atoms with Crippen molar-refractivity contribution in [2.75, 3.05) is 6.61 Å². The van der Waals surface area contributed by atoms with E-state index in [9.17, 15) is 4.79 Å². The van der Waals surface area contributed by atoms with Crippen LogP contribution < -0.4 is 14.9 Å². The minimum Gasteiger partial charge on any atom is -0.489 e. The molecule has 7 heteroatoms. The molecule has 0 heterocycles. The van der Waals surface area contributed by atoms with Gasteiger partial charge in [0.25, 0.3) is 5.91 Å². The van der Waals surface area contributed by atoms with Crippen LogP contribution in [0.15, 0.2) is 70.2 Å². The average Bonchev–Trinajstić information content (AvgIpc) is 2.73. The van der Waals surface area contributed by atoms with Crippen molar-refractivity contribution < 1.29 is 14.3 Å². The Morgan fingerprint density at radius 3 is 2.42 bits per heavy atom. The lowest BCUT2D eigenvalue weighted by Crippen LogP contribution is -2.25. The van der Waals surface area contributed by atoms with Crippen LogP contribution >= 0.6 is 27.5 Å². The van der Waals surface area contributed by atoms with Gasteiger partial charge in [-0.2, -0.15) is 5.10 Å². The lowest BCUT2D eigenvalue weighted by Gasteiger charge is -2.11. The molecular formula is C24H22BrClN2O3. The Kier molecular flexibility index (Phi) is 8.09. The Labute approximate surface area is 195 Å². The molecule has 1 amide bonds. The predicted octanol–water partition coefficient (Wildman–Crippen LogP) is 5.83. The highest BCUT2D eigenvalue weighted by molar-refractivity contribution is 9.10. The third kappa shape index (κ3) is 6.84. The molecule has 0 aliphatic rings. The number of benzene rings is 3. The minimum atomic E-state index is -0.335. The van der Waals surface area contributed by atoms with E-state index < -0.39 is 0 Å². The molecule has 3 rings (SSSR count). The largest absolute Gasteiger partial charge is 0.489 e. The van der Waals surface area contributed by atoms with Gasteiger partial charge in [-0.3, -0.25) is 4.79 Å². The highest BCUT2D eigenvalue weighted by atomic mass is 79.9. The molecule has 0 spiro atoms. The number of rotatable bonds is 8. The van der Waals surface area contributed by atoms with Gasteiger partial charge in [-0.25, -0.2) is 5.43 Å². The molecule has 0 aliphatic carbocycles. The van der Waals surface area contributed by atoms with Crippen LogP contribution in [-0.4, -0.2) is 18.7 Å². The number of nitrogens with one attached hydrogen (secondary N) is 1. The van der Waals surface area contributed by atoms with Gasteiger partial charge in [0.05, 0.1) is 6.21 Å². The number of amides is 1. The SMILES string of the molecule is Cc1cc(Br)cc(C)c1OCC(=O)N/N=C/c1ccc(OCc2ccccc2Cl)cc1. The number of carbonyl (C=O) groups excluding carboxylic acids is 1. The van der Waals surface area contributed by atoms with Gasteiger partial charge in [-0.15, -0.1) is 0 Å². The molecular weight excluding hydrogens is 480 g/mol. The molecule has 0 radical (unpaired) electrons. The first kappa shape index (κ1) is 22.8. The van der Waals surface area contributed by atoms with Gasteiger partial charge in [0, 0.05) is 15.1 Å². The summed E-state index contributed by atoms with van der Waals surface area (Å²) in [5.41, 5.74) is 6.14. The molecule has 0 saturated carbocycles. The summed E-state index contributed by atoms with van der Waals surface area (Å²) in [5, 5.41) is 4.65. The molecule has 0 aliphatic heterocycles. The van der Waals surface area contributed by atoms with E-state index in [4.69, 9.17) is 21.1 Å². The van der Waals surface area contributed by atoms with Gasteiger partial charge in [0.1, 0.15) is 18.1 Å². The summed E-state index contributed by atoms with van der Waals surface area (Å²) in [6.45, 7) is 4.14. The Morgan fingerprint density at radius 2 is 1.74 bits per heavy atom. The maximum atomic E-state index is 12.0. The lowest BCUT2D eigenvalue weighted by molar-refractivity contribution is -0.123. The molecule has 31 heavy (non-hydrogen) atoms. The second-order valence-corrected chi connectivity index (χ2v) is 8.22. The van der Waals surface area contributed by atoms with Gasteiger partial charge >= 0.3 is 0 Å². The van der Waals surface area contributed by atoms with Crippen LogP contribution in [0.1, 0.15) is 22.3 Å². The third-order valence-corrected chi connectivity index (χ3v) is 5.23. The predicted molar refractivity (Wildman–Crippen MR) is 127 cm³/mol. The van der Waals surface area contributed by atoms with Crippen LogP contribution in [-0.2, 0) is 11.4 Å². The fourth-order valence-electron chi connectivity index (χ4n) is 2.90. The summed E-state index contributed by atoms with van der Waals surface area (Å²) in [5.74, 6) is 1.09. The summed E-state index contributed by atoms with van der Waals surface area (Å²) >= 11 is 9.58. The van der Waals surface area contributed by atoms with E-state index in [1.54, 1.807) is 6.21 Å². The number of halogens is 2. The number of hydrogen-bond donors (Lipinski definition) is 1. The topological polar surface area (TPSA) is 59.9 Å². The number of carbonyl (C=O) groups is 1. The van der Waals surface area contributed by atoms with Crippen LogP contribution in [0, 0.1) is 13.8 Å². The molecule has 0 atom stereocenters. The van der Waals surface area contributed by atoms with Crippen LogP contribution in [0.2, 0.25) is 5.02 Å². The standard InChI is InChI=1S/C24H22BrClN2O3/c1-16-11-20(25)12-17(2)24(16)31-15-23(29)28-27-13-18-7-9-21(10-8-18)30-14-19-5-3-4-6-22(19)26/h3-13H,14-15H2,1-2H3,(H,28,29)/b27-13+. The van der Waals surface area contributed by atoms with Crippen molar-refractivity contribution in [2.24, 2.45) is 5.10 Å². The Bertz CT molecular complexity index is 1060. The van der Waals surface area contributed by atoms with E-state index in [-0.39, 0.29) is 12.5 Å². The maximum Gasteiger partial charge on any atom is 0.277 e. The first-order chi connectivity index (χ1) is 14.9. The van der Waals surface area contributed by atoms with Crippen molar-refractivity contribution in [2.45, 2.75) is 20.5 Å². The second-order valence-electron chi connectivity index (χ2n) is 6.90. The lowest BCUT2D eigenvalue weighted by atomic mass is 10.1. The number of nitrogens with zero attached hydrogens (tertiary/aromatic N) is 1. The van der Waals surface area contributed by atoms with Crippen molar-refractivity contribution in [1.82, 2.24) is 5.43 Å². The van der Waals surface area contributed by atoms with Crippen molar-refractivity contribution in [3.8, 4) is 11.5 Å². The van der Waals surface area contributed by atoms with Gasteiger partial charge in [0.2, 0.25) is 0 Å². The summed E-state index contributed by atoms with van der Waals surface area (Å²) < 4.78 is 12.4. The number of hydrazone groups is 1. The molecule has 0 saturated heterocycles. The first-order valence-corrected chi connectivity index (χ1v) is 10.8. The monoisotopic (exact) mass is 500 g/mol. The number of aryl methyl sites for hydroxylation is 2. The molecule has 0 bridgehead atoms. The molecule has 0 fully saturated rings. The normalized spacial score (nSPS) is 10.8. The van der Waals surface area contributed by atoms with E-state index in [0.717, 1.165) is 32.5 Å². The zero-order valence-corrected chi connectivity index (χ0v) is 19.5. The number of ether oxygens (including phenoxy) is 2. The van der Waals surface area contributed by atoms with Crippen molar-refractivity contribution in [3.63, 3.8) is 0 Å². The Balaban J connectivity index is 1.46. The summed E-state index contributed by atoms with van der Waals surface area (Å²) in [6.07, 6.45) is 1.56. The zero-order valence-electron chi connectivity index (χ0n) is 17.2. The van der Waals surface area contributed by atoms with E-state index in [2.05, 4.69) is 26.5 Å². The van der Waals surface area contributed by atoms with Crippen LogP contribution in [0.3, 0.4) is 0 Å². The molecule has 0 aromatic heterocycles. The fourth-order valence-corrected chi connectivity index (χ4v) is 3.78. The molecule has 0 unspecified atom stereocenters. The van der Waals surface area contributed by atoms with E-state index in [1.807, 2.05) is 74.5 Å². The highest BCUT2D eigenvalue weighted by Gasteiger charge is 2.08. The summed E-state index contributed by atoms with van der Waals surface area (Å²) in [6, 6.07) is 18.8. The van der Waals surface area contributed by atoms with Crippen molar-refractivity contribution in [1.29, 1.82) is 0 Å².